The quantitative estimate of drug-likeness (QED) is 0.858. The number of benzene rings is 1. The van der Waals surface area contributed by atoms with E-state index in [4.69, 9.17) is 5.11 Å². The summed E-state index contributed by atoms with van der Waals surface area (Å²) in [5, 5.41) is 8.99. The molecule has 100 valence electrons. The summed E-state index contributed by atoms with van der Waals surface area (Å²) >= 11 is 0. The molecule has 1 unspecified atom stereocenters. The second kappa shape index (κ2) is 6.03. The number of carbonyl (C=O) groups is 1. The van der Waals surface area contributed by atoms with Crippen LogP contribution in [0.25, 0.3) is 0 Å². The van der Waals surface area contributed by atoms with E-state index in [1.807, 2.05) is 0 Å². The van der Waals surface area contributed by atoms with Crippen LogP contribution in [0.3, 0.4) is 0 Å². The first-order valence-electron chi connectivity index (χ1n) is 6.59. The van der Waals surface area contributed by atoms with Crippen molar-refractivity contribution >= 4 is 5.97 Å². The maximum Gasteiger partial charge on any atom is 0.303 e. The first-order valence-corrected chi connectivity index (χ1v) is 6.59. The van der Waals surface area contributed by atoms with Crippen LogP contribution >= 0.6 is 0 Å². The van der Waals surface area contributed by atoms with Crippen LogP contribution in [0.1, 0.15) is 42.5 Å². The van der Waals surface area contributed by atoms with Crippen molar-refractivity contribution in [1.29, 1.82) is 0 Å². The van der Waals surface area contributed by atoms with Crippen LogP contribution in [0, 0.1) is 32.6 Å². The molecule has 1 aromatic rings. The predicted octanol–water partition coefficient (Wildman–Crippen LogP) is 3.90. The summed E-state index contributed by atoms with van der Waals surface area (Å²) in [4.78, 5) is 10.9. The Hall–Kier alpha value is -1.31. The summed E-state index contributed by atoms with van der Waals surface area (Å²) < 4.78 is 0. The standard InChI is InChI=1S/C16H24O2/c1-10(2)14(9-16(17)18)8-15-12(4)6-11(3)7-13(15)5/h6-7,10,14H,8-9H2,1-5H3,(H,17,18). The van der Waals surface area contributed by atoms with Gasteiger partial charge in [-0.25, -0.2) is 0 Å². The molecule has 0 bridgehead atoms. The largest absolute Gasteiger partial charge is 0.481 e. The second-order valence-corrected chi connectivity index (χ2v) is 5.68. The molecule has 1 N–H and O–H groups in total. The van der Waals surface area contributed by atoms with Crippen molar-refractivity contribution in [3.8, 4) is 0 Å². The lowest BCUT2D eigenvalue weighted by Gasteiger charge is -2.21. The van der Waals surface area contributed by atoms with Gasteiger partial charge in [-0.15, -0.1) is 0 Å². The van der Waals surface area contributed by atoms with Crippen LogP contribution in [0.5, 0.6) is 0 Å². The highest BCUT2D eigenvalue weighted by Gasteiger charge is 2.19. The molecule has 1 atom stereocenters. The third-order valence-electron chi connectivity index (χ3n) is 3.69. The van der Waals surface area contributed by atoms with E-state index >= 15 is 0 Å². The molecule has 2 heteroatoms. The van der Waals surface area contributed by atoms with E-state index in [-0.39, 0.29) is 12.3 Å². The average Bonchev–Trinajstić information content (AvgIpc) is 2.20. The minimum Gasteiger partial charge on any atom is -0.481 e. The lowest BCUT2D eigenvalue weighted by molar-refractivity contribution is -0.138. The summed E-state index contributed by atoms with van der Waals surface area (Å²) in [7, 11) is 0. The summed E-state index contributed by atoms with van der Waals surface area (Å²) in [6.07, 6.45) is 1.12. The summed E-state index contributed by atoms with van der Waals surface area (Å²) in [6.45, 7) is 10.5. The molecule has 2 nitrogen and oxygen atoms in total. The van der Waals surface area contributed by atoms with Crippen molar-refractivity contribution in [3.05, 3.63) is 34.4 Å². The Labute approximate surface area is 110 Å². The van der Waals surface area contributed by atoms with Gasteiger partial charge in [-0.2, -0.15) is 0 Å². The number of aliphatic carboxylic acids is 1. The number of carboxylic acids is 1. The van der Waals surface area contributed by atoms with Gasteiger partial charge in [-0.1, -0.05) is 31.5 Å². The smallest absolute Gasteiger partial charge is 0.303 e. The minimum absolute atomic E-state index is 0.211. The van der Waals surface area contributed by atoms with Crippen LogP contribution < -0.4 is 0 Å². The monoisotopic (exact) mass is 248 g/mol. The van der Waals surface area contributed by atoms with Crippen LogP contribution in [0.2, 0.25) is 0 Å². The predicted molar refractivity (Wildman–Crippen MR) is 74.9 cm³/mol. The topological polar surface area (TPSA) is 37.3 Å². The lowest BCUT2D eigenvalue weighted by atomic mass is 9.83. The van der Waals surface area contributed by atoms with Gasteiger partial charge in [0.05, 0.1) is 0 Å². The number of hydrogen-bond donors (Lipinski definition) is 1. The summed E-state index contributed by atoms with van der Waals surface area (Å²) in [5.41, 5.74) is 5.15. The van der Waals surface area contributed by atoms with Crippen LogP contribution in [0.15, 0.2) is 12.1 Å². The molecule has 0 saturated carbocycles. The van der Waals surface area contributed by atoms with Gasteiger partial charge < -0.3 is 5.11 Å². The van der Waals surface area contributed by atoms with Crippen molar-refractivity contribution < 1.29 is 9.90 Å². The molecule has 0 spiro atoms. The van der Waals surface area contributed by atoms with Gasteiger partial charge in [-0.3, -0.25) is 4.79 Å². The third-order valence-corrected chi connectivity index (χ3v) is 3.69. The maximum atomic E-state index is 10.9. The number of rotatable bonds is 5. The van der Waals surface area contributed by atoms with E-state index < -0.39 is 5.97 Å². The van der Waals surface area contributed by atoms with Gasteiger partial charge in [0, 0.05) is 6.42 Å². The molecule has 0 fully saturated rings. The van der Waals surface area contributed by atoms with E-state index in [1.165, 1.54) is 22.3 Å². The van der Waals surface area contributed by atoms with E-state index in [0.29, 0.717) is 5.92 Å². The highest BCUT2D eigenvalue weighted by molar-refractivity contribution is 5.67. The number of carboxylic acid groups (broad SMARTS) is 1. The van der Waals surface area contributed by atoms with Crippen LogP contribution in [-0.2, 0) is 11.2 Å². The molecule has 1 rings (SSSR count). The number of hydrogen-bond acceptors (Lipinski definition) is 1. The molecular weight excluding hydrogens is 224 g/mol. The van der Waals surface area contributed by atoms with Gasteiger partial charge in [0.2, 0.25) is 0 Å². The Morgan fingerprint density at radius 1 is 1.17 bits per heavy atom. The van der Waals surface area contributed by atoms with Gasteiger partial charge in [0.25, 0.3) is 0 Å². The molecule has 0 heterocycles. The Morgan fingerprint density at radius 2 is 1.67 bits per heavy atom. The molecule has 18 heavy (non-hydrogen) atoms. The molecule has 0 amide bonds. The highest BCUT2D eigenvalue weighted by atomic mass is 16.4. The van der Waals surface area contributed by atoms with Crippen LogP contribution in [0.4, 0.5) is 0 Å². The van der Waals surface area contributed by atoms with Gasteiger partial charge in [0.15, 0.2) is 0 Å². The third kappa shape index (κ3) is 3.86. The fraction of sp³-hybridized carbons (Fsp3) is 0.562. The van der Waals surface area contributed by atoms with Crippen molar-refractivity contribution in [2.45, 2.75) is 47.5 Å². The first-order chi connectivity index (χ1) is 8.31. The first kappa shape index (κ1) is 14.7. The lowest BCUT2D eigenvalue weighted by Crippen LogP contribution is -2.17. The van der Waals surface area contributed by atoms with Gasteiger partial charge in [-0.05, 0) is 55.7 Å². The average molecular weight is 248 g/mol. The van der Waals surface area contributed by atoms with Gasteiger partial charge in [0.1, 0.15) is 0 Å². The zero-order chi connectivity index (χ0) is 13.9. The molecule has 0 radical (unpaired) electrons. The Balaban J connectivity index is 2.97. The normalized spacial score (nSPS) is 12.8. The molecule has 0 aliphatic carbocycles. The molecule has 0 aliphatic rings. The van der Waals surface area contributed by atoms with Crippen molar-refractivity contribution in [3.63, 3.8) is 0 Å². The van der Waals surface area contributed by atoms with Crippen molar-refractivity contribution in [2.75, 3.05) is 0 Å². The Kier molecular flexibility index (Phi) is 4.94. The van der Waals surface area contributed by atoms with Gasteiger partial charge >= 0.3 is 5.97 Å². The van der Waals surface area contributed by atoms with Crippen molar-refractivity contribution in [2.24, 2.45) is 11.8 Å². The highest BCUT2D eigenvalue weighted by Crippen LogP contribution is 2.25. The molecule has 0 aliphatic heterocycles. The molecule has 0 aromatic heterocycles. The Bertz CT molecular complexity index is 410. The fourth-order valence-corrected chi connectivity index (χ4v) is 2.56. The molecule has 1 aromatic carbocycles. The zero-order valence-corrected chi connectivity index (χ0v) is 12.1. The maximum absolute atomic E-state index is 10.9. The molecule has 0 saturated heterocycles. The van der Waals surface area contributed by atoms with E-state index in [2.05, 4.69) is 46.8 Å². The second-order valence-electron chi connectivity index (χ2n) is 5.68. The molecular formula is C16H24O2. The van der Waals surface area contributed by atoms with Crippen molar-refractivity contribution in [1.82, 2.24) is 0 Å². The summed E-state index contributed by atoms with van der Waals surface area (Å²) in [5.74, 6) is -0.0973. The van der Waals surface area contributed by atoms with E-state index in [1.54, 1.807) is 0 Å². The number of aryl methyl sites for hydroxylation is 3. The minimum atomic E-state index is -0.698. The fourth-order valence-electron chi connectivity index (χ4n) is 2.56. The Morgan fingerprint density at radius 3 is 2.06 bits per heavy atom. The summed E-state index contributed by atoms with van der Waals surface area (Å²) in [6, 6.07) is 4.36. The van der Waals surface area contributed by atoms with E-state index in [0.717, 1.165) is 6.42 Å². The SMILES string of the molecule is Cc1cc(C)c(CC(CC(=O)O)C(C)C)c(C)c1. The van der Waals surface area contributed by atoms with Crippen LogP contribution in [-0.4, -0.2) is 11.1 Å². The van der Waals surface area contributed by atoms with E-state index in [9.17, 15) is 4.79 Å². The zero-order valence-electron chi connectivity index (χ0n) is 12.1.